The lowest BCUT2D eigenvalue weighted by atomic mass is 9.47. The lowest BCUT2D eigenvalue weighted by molar-refractivity contribution is -0.360. The monoisotopic (exact) mass is 884 g/mol. The molecule has 17 nitrogen and oxygen atoms in total. The van der Waals surface area contributed by atoms with Gasteiger partial charge in [0, 0.05) is 12.3 Å². The maximum absolute atomic E-state index is 11.2. The van der Waals surface area contributed by atoms with E-state index in [1.54, 1.807) is 0 Å². The van der Waals surface area contributed by atoms with Crippen LogP contribution in [0.25, 0.3) is 0 Å². The van der Waals surface area contributed by atoms with Crippen LogP contribution < -0.4 is 0 Å². The van der Waals surface area contributed by atoms with Crippen LogP contribution in [0.3, 0.4) is 0 Å². The molecule has 0 bridgehead atoms. The average Bonchev–Trinajstić information content (AvgIpc) is 3.74. The van der Waals surface area contributed by atoms with Gasteiger partial charge in [-0.05, 0) is 105 Å². The summed E-state index contributed by atoms with van der Waals surface area (Å²) in [5.74, 6) is 3.10. The molecule has 8 rings (SSSR count). The van der Waals surface area contributed by atoms with Crippen molar-refractivity contribution in [3.05, 3.63) is 23.0 Å². The first-order valence-electron chi connectivity index (χ1n) is 23.0. The number of fused-ring (bicyclic) bond motifs is 7. The van der Waals surface area contributed by atoms with Gasteiger partial charge in [0.2, 0.25) is 0 Å². The summed E-state index contributed by atoms with van der Waals surface area (Å²) in [6.07, 6.45) is -9.70. The molecule has 0 aromatic carbocycles. The summed E-state index contributed by atoms with van der Waals surface area (Å²) < 4.78 is 41.8. The highest BCUT2D eigenvalue weighted by Crippen LogP contribution is 2.69. The van der Waals surface area contributed by atoms with Gasteiger partial charge in [0.1, 0.15) is 73.2 Å². The van der Waals surface area contributed by atoms with Crippen LogP contribution in [0, 0.1) is 40.4 Å². The normalized spacial score (nSPS) is 52.0. The molecule has 0 unspecified atom stereocenters. The molecule has 4 heterocycles. The molecule has 0 aromatic rings. The van der Waals surface area contributed by atoms with Crippen molar-refractivity contribution < 1.29 is 84.2 Å². The van der Waals surface area contributed by atoms with Crippen LogP contribution in [0.1, 0.15) is 92.4 Å². The Morgan fingerprint density at radius 2 is 1.42 bits per heavy atom. The second-order valence-corrected chi connectivity index (χ2v) is 20.4. The summed E-state index contributed by atoms with van der Waals surface area (Å²) >= 11 is 0. The van der Waals surface area contributed by atoms with E-state index in [1.807, 2.05) is 0 Å². The van der Waals surface area contributed by atoms with Crippen LogP contribution >= 0.6 is 0 Å². The largest absolute Gasteiger partial charge is 0.494 e. The standard InChI is InChI=1S/C45H72O17/c1-19(18-56-41-37(53)35(51)33(49)29(16-46)60-41)6-9-27-20(2)31-28(59-27)15-26-24-8-7-22-14-23(10-12-44(22,4)25(24)11-13-45(26,31)5)58-43-39(55)36(52)40(30(17-47)61-43)62-42-38(54)34(50)32(48)21(3)57-42/h7,19,21,23-26,28-43,46-55H,6,8-18H2,1-5H3/t19-,21+,23+,24-,25+,26+,28+,29-,30-,31+,32+,33-,34-,35+,36-,37-,38-,39-,40-,41-,42-,43-,44+,45+/m1/s1. The first kappa shape index (κ1) is 47.1. The highest BCUT2D eigenvalue weighted by atomic mass is 16.7. The lowest BCUT2D eigenvalue weighted by Crippen LogP contribution is -2.64. The summed E-state index contributed by atoms with van der Waals surface area (Å²) in [4.78, 5) is 0. The smallest absolute Gasteiger partial charge is 0.187 e. The van der Waals surface area contributed by atoms with Crippen molar-refractivity contribution in [1.29, 1.82) is 0 Å². The van der Waals surface area contributed by atoms with Gasteiger partial charge in [-0.3, -0.25) is 0 Å². The molecular formula is C45H72O17. The quantitative estimate of drug-likeness (QED) is 0.117. The summed E-state index contributed by atoms with van der Waals surface area (Å²) in [5.41, 5.74) is 2.84. The summed E-state index contributed by atoms with van der Waals surface area (Å²) in [5, 5.41) is 103. The Hall–Kier alpha value is -1.36. The van der Waals surface area contributed by atoms with Crippen LogP contribution in [0.5, 0.6) is 0 Å². The number of aliphatic hydroxyl groups is 10. The van der Waals surface area contributed by atoms with Crippen molar-refractivity contribution in [3.63, 3.8) is 0 Å². The number of hydrogen-bond donors (Lipinski definition) is 10. The predicted octanol–water partition coefficient (Wildman–Crippen LogP) is 0.118. The highest BCUT2D eigenvalue weighted by Gasteiger charge is 2.64. The molecule has 24 atom stereocenters. The summed E-state index contributed by atoms with van der Waals surface area (Å²) in [6, 6.07) is 0. The Morgan fingerprint density at radius 1 is 0.758 bits per heavy atom. The third-order valence-corrected chi connectivity index (χ3v) is 16.8. The van der Waals surface area contributed by atoms with Crippen LogP contribution in [-0.4, -0.2) is 175 Å². The van der Waals surface area contributed by atoms with Crippen LogP contribution in [0.2, 0.25) is 0 Å². The van der Waals surface area contributed by atoms with Gasteiger partial charge in [0.25, 0.3) is 0 Å². The van der Waals surface area contributed by atoms with Crippen LogP contribution in [0.15, 0.2) is 23.0 Å². The Bertz CT molecular complexity index is 1630. The summed E-state index contributed by atoms with van der Waals surface area (Å²) in [7, 11) is 0. The Balaban J connectivity index is 0.854. The van der Waals surface area contributed by atoms with Crippen LogP contribution in [-0.2, 0) is 33.2 Å². The van der Waals surface area contributed by atoms with E-state index in [-0.39, 0.29) is 35.6 Å². The zero-order chi connectivity index (χ0) is 44.6. The van der Waals surface area contributed by atoms with Gasteiger partial charge >= 0.3 is 0 Å². The van der Waals surface area contributed by atoms with Gasteiger partial charge in [-0.25, -0.2) is 0 Å². The van der Waals surface area contributed by atoms with E-state index in [4.69, 9.17) is 33.2 Å². The van der Waals surface area contributed by atoms with Gasteiger partial charge in [-0.2, -0.15) is 0 Å². The molecule has 354 valence electrons. The zero-order valence-electron chi connectivity index (χ0n) is 36.6. The molecule has 8 aliphatic rings. The molecule has 17 heteroatoms. The van der Waals surface area contributed by atoms with Gasteiger partial charge in [0.05, 0.1) is 37.8 Å². The molecule has 0 spiro atoms. The Labute approximate surface area is 363 Å². The maximum atomic E-state index is 11.2. The number of ether oxygens (including phenoxy) is 7. The van der Waals surface area contributed by atoms with E-state index in [0.717, 1.165) is 57.1 Å². The van der Waals surface area contributed by atoms with E-state index >= 15 is 0 Å². The van der Waals surface area contributed by atoms with E-state index in [9.17, 15) is 51.1 Å². The van der Waals surface area contributed by atoms with Crippen molar-refractivity contribution in [3.8, 4) is 0 Å². The average molecular weight is 885 g/mol. The van der Waals surface area contributed by atoms with Crippen molar-refractivity contribution in [2.45, 2.75) is 197 Å². The molecule has 3 saturated heterocycles. The molecule has 4 aliphatic carbocycles. The predicted molar refractivity (Wildman–Crippen MR) is 216 cm³/mol. The van der Waals surface area contributed by atoms with Gasteiger partial charge in [-0.1, -0.05) is 32.4 Å². The number of aliphatic hydroxyl groups excluding tert-OH is 10. The SMILES string of the molecule is CC1=C(CC[C@@H](C)CO[C@@H]2O[C@H](CO)[C@@H](O)[C@H](O)[C@H]2O)O[C@H]2C[C@H]3[C@@H]4CC=C5C[C@@H](O[C@@H]6O[C@H](CO)[C@@H](O[C@H]7O[C@@H](C)[C@H](O)[C@@H](O)[C@H]7O)[C@H](O)[C@H]6O)CC[C@]5(C)[C@H]4CC[C@]3(C)[C@@H]12. The topological polar surface area (TPSA) is 267 Å². The van der Waals surface area contributed by atoms with E-state index in [2.05, 4.69) is 33.8 Å². The van der Waals surface area contributed by atoms with Crippen LogP contribution in [0.4, 0.5) is 0 Å². The maximum Gasteiger partial charge on any atom is 0.187 e. The fraction of sp³-hybridized carbons (Fsp3) is 0.911. The molecule has 0 radical (unpaired) electrons. The minimum absolute atomic E-state index is 0.000752. The first-order chi connectivity index (χ1) is 29.4. The molecule has 4 aliphatic heterocycles. The first-order valence-corrected chi connectivity index (χ1v) is 23.0. The molecule has 6 fully saturated rings. The minimum Gasteiger partial charge on any atom is -0.494 e. The Kier molecular flexibility index (Phi) is 14.0. The zero-order valence-corrected chi connectivity index (χ0v) is 36.6. The van der Waals surface area contributed by atoms with Gasteiger partial charge in [0.15, 0.2) is 18.9 Å². The third-order valence-electron chi connectivity index (χ3n) is 16.8. The van der Waals surface area contributed by atoms with Crippen molar-refractivity contribution in [1.82, 2.24) is 0 Å². The molecule has 3 saturated carbocycles. The molecule has 0 aromatic heterocycles. The van der Waals surface area contributed by atoms with Crippen molar-refractivity contribution in [2.24, 2.45) is 40.4 Å². The van der Waals surface area contributed by atoms with Crippen molar-refractivity contribution >= 4 is 0 Å². The van der Waals surface area contributed by atoms with Gasteiger partial charge < -0.3 is 84.2 Å². The number of hydrogen-bond acceptors (Lipinski definition) is 17. The fourth-order valence-corrected chi connectivity index (χ4v) is 13.1. The minimum atomic E-state index is -1.63. The van der Waals surface area contributed by atoms with Gasteiger partial charge in [-0.15, -0.1) is 0 Å². The fourth-order valence-electron chi connectivity index (χ4n) is 13.1. The Morgan fingerprint density at radius 3 is 2.15 bits per heavy atom. The van der Waals surface area contributed by atoms with Crippen molar-refractivity contribution in [2.75, 3.05) is 19.8 Å². The molecule has 10 N–H and O–H groups in total. The number of allylic oxidation sites excluding steroid dienone is 2. The third kappa shape index (κ3) is 8.25. The molecular weight excluding hydrogens is 812 g/mol. The molecule has 0 amide bonds. The second-order valence-electron chi connectivity index (χ2n) is 20.4. The second kappa shape index (κ2) is 18.4. The summed E-state index contributed by atoms with van der Waals surface area (Å²) in [6.45, 7) is 9.88. The van der Waals surface area contributed by atoms with E-state index in [1.165, 1.54) is 18.1 Å². The lowest BCUT2D eigenvalue weighted by Gasteiger charge is -2.58. The van der Waals surface area contributed by atoms with E-state index in [0.29, 0.717) is 30.1 Å². The molecule has 62 heavy (non-hydrogen) atoms. The number of rotatable bonds is 12. The van der Waals surface area contributed by atoms with E-state index < -0.39 is 105 Å². The highest BCUT2D eigenvalue weighted by molar-refractivity contribution is 5.30.